The van der Waals surface area contributed by atoms with Gasteiger partial charge in [0.2, 0.25) is 5.91 Å². The van der Waals surface area contributed by atoms with Crippen LogP contribution in [0.2, 0.25) is 0 Å². The maximum Gasteiger partial charge on any atom is 0.243 e. The second kappa shape index (κ2) is 12.8. The van der Waals surface area contributed by atoms with E-state index >= 15 is 0 Å². The van der Waals surface area contributed by atoms with Gasteiger partial charge in [-0.05, 0) is 26.8 Å². The molecule has 23 heavy (non-hydrogen) atoms. The van der Waals surface area contributed by atoms with Gasteiger partial charge in [0.05, 0.1) is 13.2 Å². The van der Waals surface area contributed by atoms with E-state index < -0.39 is 0 Å². The Balaban J connectivity index is 0.00000484. The minimum atomic E-state index is -0.00169. The fourth-order valence-corrected chi connectivity index (χ4v) is 2.05. The monoisotopic (exact) mass is 441 g/mol. The molecular formula is C15H32IN5O2. The first-order chi connectivity index (χ1) is 10.5. The fraction of sp³-hybridized carbons (Fsp3) is 0.867. The number of morpholine rings is 1. The molecule has 0 aromatic heterocycles. The van der Waals surface area contributed by atoms with Crippen molar-refractivity contribution in [3.05, 3.63) is 0 Å². The first-order valence-corrected chi connectivity index (χ1v) is 8.04. The molecule has 1 aliphatic heterocycles. The molecule has 0 radical (unpaired) electrons. The molecule has 1 rings (SSSR count). The molecule has 0 saturated carbocycles. The molecule has 1 amide bonds. The number of carbonyl (C=O) groups excluding carboxylic acids is 1. The third kappa shape index (κ3) is 10.7. The zero-order chi connectivity index (χ0) is 16.4. The number of nitrogens with one attached hydrogen (secondary N) is 2. The van der Waals surface area contributed by atoms with E-state index in [1.54, 1.807) is 19.0 Å². The van der Waals surface area contributed by atoms with Crippen molar-refractivity contribution in [2.24, 2.45) is 4.99 Å². The van der Waals surface area contributed by atoms with Gasteiger partial charge in [-0.25, -0.2) is 4.99 Å². The van der Waals surface area contributed by atoms with Crippen molar-refractivity contribution in [2.45, 2.75) is 26.3 Å². The molecule has 136 valence electrons. The molecule has 8 heteroatoms. The highest BCUT2D eigenvalue weighted by molar-refractivity contribution is 14.0. The molecule has 1 saturated heterocycles. The largest absolute Gasteiger partial charge is 0.379 e. The third-order valence-electron chi connectivity index (χ3n) is 3.34. The van der Waals surface area contributed by atoms with E-state index in [-0.39, 0.29) is 42.5 Å². The highest BCUT2D eigenvalue weighted by Crippen LogP contribution is 1.97. The van der Waals surface area contributed by atoms with E-state index in [1.807, 2.05) is 0 Å². The number of nitrogens with zero attached hydrogens (tertiary/aromatic N) is 3. The molecule has 1 heterocycles. The van der Waals surface area contributed by atoms with Crippen molar-refractivity contribution in [3.63, 3.8) is 0 Å². The average molecular weight is 441 g/mol. The fourth-order valence-electron chi connectivity index (χ4n) is 2.05. The van der Waals surface area contributed by atoms with E-state index in [0.717, 1.165) is 45.8 Å². The molecule has 0 atom stereocenters. The Bertz CT molecular complexity index is 358. The SMILES string of the molecule is CC(C)NC(=NCC(=O)N(C)C)NCCCN1CCOCC1.I. The quantitative estimate of drug-likeness (QED) is 0.259. The minimum absolute atomic E-state index is 0. The van der Waals surface area contributed by atoms with Crippen LogP contribution in [0.5, 0.6) is 0 Å². The van der Waals surface area contributed by atoms with Crippen molar-refractivity contribution in [2.75, 3.05) is 60.0 Å². The number of likely N-dealkylation sites (N-methyl/N-ethyl adjacent to an activating group) is 1. The van der Waals surface area contributed by atoms with Gasteiger partial charge in [0, 0.05) is 39.8 Å². The number of halogens is 1. The summed E-state index contributed by atoms with van der Waals surface area (Å²) in [6, 6.07) is 0.278. The standard InChI is InChI=1S/C15H31N5O2.HI/c1-13(2)18-15(17-12-14(21)19(3)4)16-6-5-7-20-8-10-22-11-9-20;/h13H,5-12H2,1-4H3,(H2,16,17,18);1H. The van der Waals surface area contributed by atoms with E-state index in [4.69, 9.17) is 4.74 Å². The first-order valence-electron chi connectivity index (χ1n) is 8.04. The molecule has 0 aromatic carbocycles. The Morgan fingerprint density at radius 2 is 1.96 bits per heavy atom. The molecule has 0 aromatic rings. The van der Waals surface area contributed by atoms with Crippen LogP contribution in [0.1, 0.15) is 20.3 Å². The number of ether oxygens (including phenoxy) is 1. The van der Waals surface area contributed by atoms with Crippen molar-refractivity contribution >= 4 is 35.8 Å². The number of aliphatic imine (C=N–C) groups is 1. The summed E-state index contributed by atoms with van der Waals surface area (Å²) in [5, 5.41) is 6.54. The normalized spacial score (nSPS) is 16.0. The van der Waals surface area contributed by atoms with E-state index in [0.29, 0.717) is 5.96 Å². The number of hydrogen-bond acceptors (Lipinski definition) is 4. The van der Waals surface area contributed by atoms with Gasteiger partial charge in [0.15, 0.2) is 5.96 Å². The third-order valence-corrected chi connectivity index (χ3v) is 3.34. The van der Waals surface area contributed by atoms with Gasteiger partial charge >= 0.3 is 0 Å². The minimum Gasteiger partial charge on any atom is -0.379 e. The summed E-state index contributed by atoms with van der Waals surface area (Å²) in [6.45, 7) is 9.87. The summed E-state index contributed by atoms with van der Waals surface area (Å²) < 4.78 is 5.34. The maximum atomic E-state index is 11.6. The van der Waals surface area contributed by atoms with Crippen LogP contribution in [-0.4, -0.2) is 87.7 Å². The summed E-state index contributed by atoms with van der Waals surface area (Å²) in [6.07, 6.45) is 1.04. The van der Waals surface area contributed by atoms with Gasteiger partial charge in [-0.1, -0.05) is 0 Å². The van der Waals surface area contributed by atoms with Gasteiger partial charge < -0.3 is 20.3 Å². The summed E-state index contributed by atoms with van der Waals surface area (Å²) in [7, 11) is 3.48. The van der Waals surface area contributed by atoms with Gasteiger partial charge in [0.25, 0.3) is 0 Å². The smallest absolute Gasteiger partial charge is 0.243 e. The lowest BCUT2D eigenvalue weighted by molar-refractivity contribution is -0.127. The lowest BCUT2D eigenvalue weighted by Gasteiger charge is -2.26. The average Bonchev–Trinajstić information content (AvgIpc) is 2.49. The zero-order valence-corrected chi connectivity index (χ0v) is 17.1. The van der Waals surface area contributed by atoms with E-state index in [1.165, 1.54) is 0 Å². The predicted octanol–water partition coefficient (Wildman–Crippen LogP) is 0.359. The van der Waals surface area contributed by atoms with Gasteiger partial charge in [-0.2, -0.15) is 0 Å². The molecule has 0 unspecified atom stereocenters. The first kappa shape index (κ1) is 22.4. The molecule has 2 N–H and O–H groups in total. The van der Waals surface area contributed by atoms with Crippen LogP contribution in [0.15, 0.2) is 4.99 Å². The Labute approximate surface area is 157 Å². The highest BCUT2D eigenvalue weighted by Gasteiger charge is 2.10. The van der Waals surface area contributed by atoms with Crippen molar-refractivity contribution in [3.8, 4) is 0 Å². The molecule has 0 aliphatic carbocycles. The number of carbonyl (C=O) groups is 1. The lowest BCUT2D eigenvalue weighted by atomic mass is 10.3. The Morgan fingerprint density at radius 3 is 2.52 bits per heavy atom. The van der Waals surface area contributed by atoms with Crippen LogP contribution in [0.4, 0.5) is 0 Å². The Hall–Kier alpha value is -0.610. The molecule has 0 bridgehead atoms. The van der Waals surface area contributed by atoms with Crippen LogP contribution >= 0.6 is 24.0 Å². The van der Waals surface area contributed by atoms with Crippen molar-refractivity contribution in [1.82, 2.24) is 20.4 Å². The van der Waals surface area contributed by atoms with Crippen LogP contribution < -0.4 is 10.6 Å². The van der Waals surface area contributed by atoms with Crippen LogP contribution in [0.25, 0.3) is 0 Å². The van der Waals surface area contributed by atoms with Gasteiger partial charge in [-0.15, -0.1) is 24.0 Å². The van der Waals surface area contributed by atoms with Crippen LogP contribution in [0, 0.1) is 0 Å². The Kier molecular flexibility index (Phi) is 12.4. The predicted molar refractivity (Wildman–Crippen MR) is 105 cm³/mol. The second-order valence-corrected chi connectivity index (χ2v) is 5.99. The number of guanidine groups is 1. The molecular weight excluding hydrogens is 409 g/mol. The number of hydrogen-bond donors (Lipinski definition) is 2. The second-order valence-electron chi connectivity index (χ2n) is 5.99. The van der Waals surface area contributed by atoms with Crippen molar-refractivity contribution in [1.29, 1.82) is 0 Å². The highest BCUT2D eigenvalue weighted by atomic mass is 127. The summed E-state index contributed by atoms with van der Waals surface area (Å²) in [5.74, 6) is 0.699. The number of amides is 1. The maximum absolute atomic E-state index is 11.6. The van der Waals surface area contributed by atoms with Crippen LogP contribution in [-0.2, 0) is 9.53 Å². The summed E-state index contributed by atoms with van der Waals surface area (Å²) >= 11 is 0. The van der Waals surface area contributed by atoms with Crippen molar-refractivity contribution < 1.29 is 9.53 Å². The molecule has 1 fully saturated rings. The van der Waals surface area contributed by atoms with E-state index in [9.17, 15) is 4.79 Å². The summed E-state index contributed by atoms with van der Waals surface area (Å²) in [5.41, 5.74) is 0. The Morgan fingerprint density at radius 1 is 1.30 bits per heavy atom. The summed E-state index contributed by atoms with van der Waals surface area (Å²) in [4.78, 5) is 19.9. The van der Waals surface area contributed by atoms with Crippen LogP contribution in [0.3, 0.4) is 0 Å². The zero-order valence-electron chi connectivity index (χ0n) is 14.8. The molecule has 0 spiro atoms. The topological polar surface area (TPSA) is 69.2 Å². The lowest BCUT2D eigenvalue weighted by Crippen LogP contribution is -2.43. The van der Waals surface area contributed by atoms with Gasteiger partial charge in [-0.3, -0.25) is 9.69 Å². The van der Waals surface area contributed by atoms with E-state index in [2.05, 4.69) is 34.4 Å². The molecule has 7 nitrogen and oxygen atoms in total. The molecule has 1 aliphatic rings. The van der Waals surface area contributed by atoms with Gasteiger partial charge in [0.1, 0.15) is 6.54 Å². The number of rotatable bonds is 7.